The van der Waals surface area contributed by atoms with E-state index < -0.39 is 0 Å². The van der Waals surface area contributed by atoms with Crippen LogP contribution in [-0.4, -0.2) is 24.0 Å². The summed E-state index contributed by atoms with van der Waals surface area (Å²) >= 11 is 1.33. The largest absolute Gasteiger partial charge is 0.495 e. The summed E-state index contributed by atoms with van der Waals surface area (Å²) in [5.74, 6) is 0.389. The molecule has 0 fully saturated rings. The van der Waals surface area contributed by atoms with Crippen molar-refractivity contribution in [1.29, 1.82) is 0 Å². The molecule has 2 rings (SSSR count). The Hall–Kier alpha value is -2.61. The van der Waals surface area contributed by atoms with Crippen LogP contribution in [0, 0.1) is 6.92 Å². The van der Waals surface area contributed by atoms with E-state index in [4.69, 9.17) is 16.2 Å². The van der Waals surface area contributed by atoms with E-state index in [1.807, 2.05) is 18.4 Å². The lowest BCUT2D eigenvalue weighted by Crippen LogP contribution is -2.21. The third-order valence-electron chi connectivity index (χ3n) is 2.94. The first-order chi connectivity index (χ1) is 10.4. The number of aliphatic imine (C=N–C) groups is 1. The van der Waals surface area contributed by atoms with Crippen LogP contribution in [0.4, 0.5) is 10.8 Å². The topological polar surface area (TPSA) is 116 Å². The van der Waals surface area contributed by atoms with Gasteiger partial charge in [-0.15, -0.1) is 11.3 Å². The Bertz CT molecular complexity index is 735. The second kappa shape index (κ2) is 6.44. The Morgan fingerprint density at radius 1 is 1.41 bits per heavy atom. The van der Waals surface area contributed by atoms with E-state index in [1.54, 1.807) is 13.2 Å². The number of rotatable bonds is 4. The predicted octanol–water partition coefficient (Wildman–Crippen LogP) is 1.99. The molecule has 1 aromatic carbocycles. The minimum Gasteiger partial charge on any atom is -0.495 e. The molecule has 2 aromatic rings. The minimum atomic E-state index is -0.168. The van der Waals surface area contributed by atoms with Crippen LogP contribution in [0.25, 0.3) is 11.3 Å². The molecule has 1 heterocycles. The van der Waals surface area contributed by atoms with Gasteiger partial charge >= 0.3 is 0 Å². The van der Waals surface area contributed by atoms with Crippen molar-refractivity contribution >= 4 is 34.0 Å². The van der Waals surface area contributed by atoms with Gasteiger partial charge in [0.25, 0.3) is 0 Å². The molecule has 0 saturated heterocycles. The summed E-state index contributed by atoms with van der Waals surface area (Å²) in [5, 5.41) is 5.12. The lowest BCUT2D eigenvalue weighted by atomic mass is 10.0. The maximum atomic E-state index is 11.4. The molecule has 0 aliphatic carbocycles. The van der Waals surface area contributed by atoms with Gasteiger partial charge in [0.15, 0.2) is 5.96 Å². The van der Waals surface area contributed by atoms with E-state index in [2.05, 4.69) is 15.3 Å². The first kappa shape index (κ1) is 15.8. The van der Waals surface area contributed by atoms with Gasteiger partial charge in [0.2, 0.25) is 11.0 Å². The fraction of sp³-hybridized carbons (Fsp3) is 0.214. The lowest BCUT2D eigenvalue weighted by Gasteiger charge is -2.14. The maximum absolute atomic E-state index is 11.4. The van der Waals surface area contributed by atoms with Gasteiger partial charge < -0.3 is 21.5 Å². The molecule has 8 heteroatoms. The predicted molar refractivity (Wildman–Crippen MR) is 88.6 cm³/mol. The van der Waals surface area contributed by atoms with Crippen molar-refractivity contribution in [1.82, 2.24) is 4.98 Å². The van der Waals surface area contributed by atoms with Crippen LogP contribution in [0.15, 0.2) is 22.5 Å². The zero-order valence-corrected chi connectivity index (χ0v) is 13.3. The number of hydrogen-bond donors (Lipinski definition) is 3. The summed E-state index contributed by atoms with van der Waals surface area (Å²) in [6.45, 7) is 3.34. The van der Waals surface area contributed by atoms with Crippen LogP contribution < -0.4 is 21.5 Å². The molecule has 0 unspecified atom stereocenters. The molecular formula is C14H17N5O2S. The number of aromatic nitrogens is 1. The molecule has 0 aliphatic rings. The van der Waals surface area contributed by atoms with Crippen LogP contribution in [0.2, 0.25) is 0 Å². The standard InChI is InChI=1S/C14H17N5O2S/c1-7-9(10-6-22-14(18-10)19-13(15)16)4-5-11(21-3)12(7)17-8(2)20/h4-6H,1-3H3,(H,17,20)(H4,15,16,18,19). The first-order valence-electron chi connectivity index (χ1n) is 6.43. The van der Waals surface area contributed by atoms with E-state index >= 15 is 0 Å². The second-order valence-electron chi connectivity index (χ2n) is 4.55. The van der Waals surface area contributed by atoms with Gasteiger partial charge in [-0.05, 0) is 24.6 Å². The molecule has 22 heavy (non-hydrogen) atoms. The highest BCUT2D eigenvalue weighted by atomic mass is 32.1. The summed E-state index contributed by atoms with van der Waals surface area (Å²) < 4.78 is 5.29. The van der Waals surface area contributed by atoms with Crippen LogP contribution in [-0.2, 0) is 4.79 Å². The number of nitrogens with two attached hydrogens (primary N) is 2. The Morgan fingerprint density at radius 3 is 2.73 bits per heavy atom. The molecule has 5 N–H and O–H groups in total. The van der Waals surface area contributed by atoms with Crippen molar-refractivity contribution in [2.45, 2.75) is 13.8 Å². The van der Waals surface area contributed by atoms with Gasteiger partial charge in [0, 0.05) is 17.9 Å². The maximum Gasteiger partial charge on any atom is 0.221 e. The van der Waals surface area contributed by atoms with Crippen LogP contribution in [0.1, 0.15) is 12.5 Å². The van der Waals surface area contributed by atoms with Crippen molar-refractivity contribution in [2.75, 3.05) is 12.4 Å². The number of benzene rings is 1. The Kier molecular flexibility index (Phi) is 4.62. The number of anilines is 1. The normalized spacial score (nSPS) is 10.1. The molecular weight excluding hydrogens is 302 g/mol. The number of guanidine groups is 1. The smallest absolute Gasteiger partial charge is 0.221 e. The molecule has 0 atom stereocenters. The van der Waals surface area contributed by atoms with Crippen LogP contribution >= 0.6 is 11.3 Å². The third kappa shape index (κ3) is 3.34. The first-order valence-corrected chi connectivity index (χ1v) is 7.31. The molecule has 7 nitrogen and oxygen atoms in total. The van der Waals surface area contributed by atoms with E-state index in [1.165, 1.54) is 18.3 Å². The lowest BCUT2D eigenvalue weighted by molar-refractivity contribution is -0.114. The number of nitrogens with zero attached hydrogens (tertiary/aromatic N) is 2. The Morgan fingerprint density at radius 2 is 2.14 bits per heavy atom. The van der Waals surface area contributed by atoms with E-state index in [0.29, 0.717) is 16.6 Å². The highest BCUT2D eigenvalue weighted by Crippen LogP contribution is 2.37. The van der Waals surface area contributed by atoms with E-state index in [-0.39, 0.29) is 11.9 Å². The Balaban J connectivity index is 2.49. The molecule has 0 radical (unpaired) electrons. The van der Waals surface area contributed by atoms with Crippen LogP contribution in [0.3, 0.4) is 0 Å². The number of carbonyl (C=O) groups excluding carboxylic acids is 1. The zero-order chi connectivity index (χ0) is 16.3. The number of thiazole rings is 1. The average molecular weight is 319 g/mol. The van der Waals surface area contributed by atoms with Crippen LogP contribution in [0.5, 0.6) is 5.75 Å². The molecule has 0 bridgehead atoms. The van der Waals surface area contributed by atoms with Gasteiger partial charge in [0.1, 0.15) is 5.75 Å². The van der Waals surface area contributed by atoms with E-state index in [0.717, 1.165) is 16.8 Å². The molecule has 0 aliphatic heterocycles. The summed E-state index contributed by atoms with van der Waals surface area (Å²) in [5.41, 5.74) is 13.8. The molecule has 0 saturated carbocycles. The van der Waals surface area contributed by atoms with E-state index in [9.17, 15) is 4.79 Å². The third-order valence-corrected chi connectivity index (χ3v) is 3.67. The zero-order valence-electron chi connectivity index (χ0n) is 12.5. The molecule has 116 valence electrons. The van der Waals surface area contributed by atoms with Crippen molar-refractivity contribution in [3.8, 4) is 17.0 Å². The number of nitrogens with one attached hydrogen (secondary N) is 1. The van der Waals surface area contributed by atoms with Crippen molar-refractivity contribution < 1.29 is 9.53 Å². The van der Waals surface area contributed by atoms with Crippen molar-refractivity contribution in [2.24, 2.45) is 16.5 Å². The monoisotopic (exact) mass is 319 g/mol. The number of hydrogen-bond acceptors (Lipinski definition) is 5. The number of carbonyl (C=O) groups is 1. The SMILES string of the molecule is COc1ccc(-c2csc(N=C(N)N)n2)c(C)c1NC(C)=O. The second-order valence-corrected chi connectivity index (χ2v) is 5.39. The molecule has 1 amide bonds. The minimum absolute atomic E-state index is 0.0358. The molecule has 0 spiro atoms. The summed E-state index contributed by atoms with van der Waals surface area (Å²) in [7, 11) is 1.56. The summed E-state index contributed by atoms with van der Waals surface area (Å²) in [4.78, 5) is 19.7. The highest BCUT2D eigenvalue weighted by molar-refractivity contribution is 7.13. The number of amides is 1. The average Bonchev–Trinajstić information content (AvgIpc) is 2.88. The van der Waals surface area contributed by atoms with Gasteiger partial charge in [-0.25, -0.2) is 4.98 Å². The highest BCUT2D eigenvalue weighted by Gasteiger charge is 2.15. The molecule has 1 aromatic heterocycles. The summed E-state index contributed by atoms with van der Waals surface area (Å²) in [6.07, 6.45) is 0. The number of ether oxygens (including phenoxy) is 1. The quantitative estimate of drug-likeness (QED) is 0.589. The fourth-order valence-electron chi connectivity index (χ4n) is 2.02. The van der Waals surface area contributed by atoms with Gasteiger partial charge in [-0.2, -0.15) is 4.99 Å². The van der Waals surface area contributed by atoms with Gasteiger partial charge in [-0.3, -0.25) is 4.79 Å². The summed E-state index contributed by atoms with van der Waals surface area (Å²) in [6, 6.07) is 3.67. The van der Waals surface area contributed by atoms with Crippen molar-refractivity contribution in [3.63, 3.8) is 0 Å². The van der Waals surface area contributed by atoms with Gasteiger partial charge in [0.05, 0.1) is 18.5 Å². The fourth-order valence-corrected chi connectivity index (χ4v) is 2.72. The Labute approximate surface area is 132 Å². The number of methoxy groups -OCH3 is 1. The van der Waals surface area contributed by atoms with Gasteiger partial charge in [-0.1, -0.05) is 0 Å². The van der Waals surface area contributed by atoms with Crippen molar-refractivity contribution in [3.05, 3.63) is 23.1 Å².